The first-order valence-corrected chi connectivity index (χ1v) is 5.68. The summed E-state index contributed by atoms with van der Waals surface area (Å²) in [5.41, 5.74) is 3.15. The fourth-order valence-electron chi connectivity index (χ4n) is 1.91. The van der Waals surface area contributed by atoms with E-state index in [1.807, 2.05) is 26.0 Å². The van der Waals surface area contributed by atoms with Gasteiger partial charge in [0.25, 0.3) is 11.7 Å². The molecular formula is C14H15NO2. The second-order valence-corrected chi connectivity index (χ2v) is 4.34. The lowest BCUT2D eigenvalue weighted by Gasteiger charge is -2.17. The molecule has 1 heterocycles. The molecule has 1 amide bonds. The third kappa shape index (κ3) is 1.88. The molecule has 1 aromatic carbocycles. The molecule has 3 nitrogen and oxygen atoms in total. The Balaban J connectivity index is 2.41. The van der Waals surface area contributed by atoms with Crippen molar-refractivity contribution < 1.29 is 9.59 Å². The number of hydrogen-bond donors (Lipinski definition) is 0. The molecule has 0 saturated carbocycles. The smallest absolute Gasteiger partial charge is 0.299 e. The lowest BCUT2D eigenvalue weighted by molar-refractivity contribution is -0.114. The molecule has 0 atom stereocenters. The minimum atomic E-state index is -0.444. The molecule has 0 aromatic heterocycles. The maximum absolute atomic E-state index is 11.9. The number of hydrogen-bond acceptors (Lipinski definition) is 2. The van der Waals surface area contributed by atoms with Gasteiger partial charge in [-0.2, -0.15) is 0 Å². The van der Waals surface area contributed by atoms with E-state index < -0.39 is 11.7 Å². The Morgan fingerprint density at radius 3 is 2.71 bits per heavy atom. The molecule has 17 heavy (non-hydrogen) atoms. The highest BCUT2D eigenvalue weighted by molar-refractivity contribution is 6.52. The summed E-state index contributed by atoms with van der Waals surface area (Å²) >= 11 is 0. The molecule has 2 rings (SSSR count). The van der Waals surface area contributed by atoms with Gasteiger partial charge in [0.1, 0.15) is 0 Å². The summed E-state index contributed by atoms with van der Waals surface area (Å²) in [4.78, 5) is 25.2. The van der Waals surface area contributed by atoms with Crippen LogP contribution >= 0.6 is 0 Å². The lowest BCUT2D eigenvalue weighted by Crippen LogP contribution is -2.31. The topological polar surface area (TPSA) is 37.4 Å². The normalized spacial score (nSPS) is 14.1. The Morgan fingerprint density at radius 1 is 1.35 bits per heavy atom. The first-order chi connectivity index (χ1) is 8.04. The van der Waals surface area contributed by atoms with Crippen LogP contribution in [0, 0.1) is 6.92 Å². The minimum Gasteiger partial charge on any atom is -0.301 e. The molecule has 1 aromatic rings. The zero-order valence-electron chi connectivity index (χ0n) is 10.1. The zero-order valence-corrected chi connectivity index (χ0v) is 10.1. The van der Waals surface area contributed by atoms with Crippen molar-refractivity contribution in [1.82, 2.24) is 0 Å². The minimum absolute atomic E-state index is 0.410. The van der Waals surface area contributed by atoms with Gasteiger partial charge in [-0.3, -0.25) is 9.59 Å². The number of fused-ring (bicyclic) bond motifs is 1. The van der Waals surface area contributed by atoms with Crippen LogP contribution in [-0.4, -0.2) is 18.2 Å². The number of benzene rings is 1. The quantitative estimate of drug-likeness (QED) is 0.590. The van der Waals surface area contributed by atoms with Crippen LogP contribution in [-0.2, 0) is 4.79 Å². The number of carbonyl (C=O) groups excluding carboxylic acids is 2. The Labute approximate surface area is 101 Å². The van der Waals surface area contributed by atoms with Gasteiger partial charge in [-0.15, -0.1) is 0 Å². The summed E-state index contributed by atoms with van der Waals surface area (Å²) in [7, 11) is 0. The Bertz CT molecular complexity index is 517. The molecule has 0 bridgehead atoms. The van der Waals surface area contributed by atoms with E-state index in [0.29, 0.717) is 17.8 Å². The van der Waals surface area contributed by atoms with Crippen LogP contribution in [0.15, 0.2) is 30.4 Å². The molecule has 0 radical (unpaired) electrons. The monoisotopic (exact) mass is 229 g/mol. The highest BCUT2D eigenvalue weighted by atomic mass is 16.2. The largest absolute Gasteiger partial charge is 0.301 e. The molecule has 0 spiro atoms. The van der Waals surface area contributed by atoms with Crippen molar-refractivity contribution in [2.24, 2.45) is 0 Å². The molecule has 0 saturated heterocycles. The fraction of sp³-hybridized carbons (Fsp3) is 0.286. The van der Waals surface area contributed by atoms with Gasteiger partial charge in [-0.25, -0.2) is 0 Å². The summed E-state index contributed by atoms with van der Waals surface area (Å²) in [5, 5.41) is 0. The molecule has 1 aliphatic rings. The molecular weight excluding hydrogens is 214 g/mol. The van der Waals surface area contributed by atoms with Gasteiger partial charge in [0, 0.05) is 6.54 Å². The van der Waals surface area contributed by atoms with E-state index in [0.717, 1.165) is 17.6 Å². The highest BCUT2D eigenvalue weighted by Gasteiger charge is 2.35. The van der Waals surface area contributed by atoms with Crippen molar-refractivity contribution >= 4 is 17.4 Å². The van der Waals surface area contributed by atoms with Crippen molar-refractivity contribution in [2.45, 2.75) is 20.3 Å². The van der Waals surface area contributed by atoms with Crippen molar-refractivity contribution in [3.63, 3.8) is 0 Å². The first kappa shape index (κ1) is 11.6. The van der Waals surface area contributed by atoms with E-state index in [1.165, 1.54) is 4.90 Å². The number of ketones is 1. The SMILES string of the molecule is C=C(CC)CN1C(=O)C(=O)c2cc(C)ccc21. The van der Waals surface area contributed by atoms with Crippen molar-refractivity contribution in [2.75, 3.05) is 11.4 Å². The van der Waals surface area contributed by atoms with Crippen LogP contribution in [0.3, 0.4) is 0 Å². The number of amides is 1. The lowest BCUT2D eigenvalue weighted by atomic mass is 10.1. The summed E-state index contributed by atoms with van der Waals surface area (Å²) < 4.78 is 0. The third-order valence-electron chi connectivity index (χ3n) is 3.01. The van der Waals surface area contributed by atoms with Crippen LogP contribution in [0.25, 0.3) is 0 Å². The first-order valence-electron chi connectivity index (χ1n) is 5.68. The van der Waals surface area contributed by atoms with Gasteiger partial charge < -0.3 is 4.90 Å². The van der Waals surface area contributed by atoms with Crippen LogP contribution in [0.4, 0.5) is 5.69 Å². The summed E-state index contributed by atoms with van der Waals surface area (Å²) in [6.45, 7) is 8.20. The van der Waals surface area contributed by atoms with Crippen LogP contribution in [0.1, 0.15) is 29.3 Å². The second-order valence-electron chi connectivity index (χ2n) is 4.34. The van der Waals surface area contributed by atoms with Crippen LogP contribution < -0.4 is 4.90 Å². The van der Waals surface area contributed by atoms with E-state index in [1.54, 1.807) is 6.07 Å². The summed E-state index contributed by atoms with van der Waals surface area (Å²) in [6.07, 6.45) is 0.805. The predicted octanol–water partition coefficient (Wildman–Crippen LogP) is 2.49. The number of carbonyl (C=O) groups is 2. The van der Waals surface area contributed by atoms with Crippen molar-refractivity contribution in [3.05, 3.63) is 41.5 Å². The molecule has 88 valence electrons. The average Bonchev–Trinajstić information content (AvgIpc) is 2.54. The average molecular weight is 229 g/mol. The van der Waals surface area contributed by atoms with E-state index in [4.69, 9.17) is 0 Å². The van der Waals surface area contributed by atoms with E-state index >= 15 is 0 Å². The van der Waals surface area contributed by atoms with E-state index in [-0.39, 0.29) is 0 Å². The van der Waals surface area contributed by atoms with Crippen molar-refractivity contribution in [3.8, 4) is 0 Å². The van der Waals surface area contributed by atoms with Gasteiger partial charge in [0.15, 0.2) is 0 Å². The second kappa shape index (κ2) is 4.17. The number of rotatable bonds is 3. The molecule has 3 heteroatoms. The molecule has 1 aliphatic heterocycles. The highest BCUT2D eigenvalue weighted by Crippen LogP contribution is 2.30. The van der Waals surface area contributed by atoms with Gasteiger partial charge >= 0.3 is 0 Å². The predicted molar refractivity (Wildman–Crippen MR) is 67.3 cm³/mol. The third-order valence-corrected chi connectivity index (χ3v) is 3.01. The van der Waals surface area contributed by atoms with Crippen LogP contribution in [0.2, 0.25) is 0 Å². The van der Waals surface area contributed by atoms with Gasteiger partial charge in [-0.1, -0.05) is 30.7 Å². The standard InChI is InChI=1S/C14H15NO2/c1-4-9(2)8-15-12-6-5-10(3)7-11(12)13(16)14(15)17/h5-7H,2,4,8H2,1,3H3. The molecule has 0 N–H and O–H groups in total. The van der Waals surface area contributed by atoms with Gasteiger partial charge in [0.2, 0.25) is 0 Å². The molecule has 0 aliphatic carbocycles. The number of anilines is 1. The number of Topliss-reactive ketones (excluding diaryl/α,β-unsaturated/α-hetero) is 1. The summed E-state index contributed by atoms with van der Waals surface area (Å²) in [5.74, 6) is -0.854. The van der Waals surface area contributed by atoms with E-state index in [2.05, 4.69) is 6.58 Å². The van der Waals surface area contributed by atoms with Gasteiger partial charge in [-0.05, 0) is 25.5 Å². The summed E-state index contributed by atoms with van der Waals surface area (Å²) in [6, 6.07) is 5.51. The molecule has 0 unspecified atom stereocenters. The number of aryl methyl sites for hydroxylation is 1. The Kier molecular flexibility index (Phi) is 2.84. The molecule has 0 fully saturated rings. The van der Waals surface area contributed by atoms with E-state index in [9.17, 15) is 9.59 Å². The van der Waals surface area contributed by atoms with Crippen molar-refractivity contribution in [1.29, 1.82) is 0 Å². The zero-order chi connectivity index (χ0) is 12.6. The van der Waals surface area contributed by atoms with Gasteiger partial charge in [0.05, 0.1) is 11.3 Å². The maximum Gasteiger partial charge on any atom is 0.299 e. The Morgan fingerprint density at radius 2 is 2.06 bits per heavy atom. The Hall–Kier alpha value is -1.90. The number of nitrogens with zero attached hydrogens (tertiary/aromatic N) is 1. The van der Waals surface area contributed by atoms with Crippen LogP contribution in [0.5, 0.6) is 0 Å². The fourth-order valence-corrected chi connectivity index (χ4v) is 1.91. The maximum atomic E-state index is 11.9.